The maximum absolute atomic E-state index is 14.1. The molecule has 0 aliphatic carbocycles. The highest BCUT2D eigenvalue weighted by Gasteiger charge is 2.34. The Morgan fingerprint density at radius 1 is 1.16 bits per heavy atom. The van der Waals surface area contributed by atoms with Crippen molar-refractivity contribution in [1.82, 2.24) is 4.57 Å². The van der Waals surface area contributed by atoms with Crippen molar-refractivity contribution < 1.29 is 33.3 Å². The van der Waals surface area contributed by atoms with Gasteiger partial charge in [-0.25, -0.2) is 14.6 Å². The Bertz CT molecular complexity index is 1860. The van der Waals surface area contributed by atoms with Crippen LogP contribution >= 0.6 is 49.9 Å². The second-order valence-corrected chi connectivity index (χ2v) is 12.2. The maximum Gasteiger partial charge on any atom is 0.343 e. The number of benzene rings is 2. The predicted molar refractivity (Wildman–Crippen MR) is 177 cm³/mol. The highest BCUT2D eigenvalue weighted by atomic mass is 127. The van der Waals surface area contributed by atoms with Gasteiger partial charge in [0.2, 0.25) is 0 Å². The number of rotatable bonds is 11. The molecule has 230 valence electrons. The molecule has 0 N–H and O–H groups in total. The van der Waals surface area contributed by atoms with Gasteiger partial charge in [0.25, 0.3) is 5.56 Å². The predicted octanol–water partition coefficient (Wildman–Crippen LogP) is 4.13. The van der Waals surface area contributed by atoms with Crippen molar-refractivity contribution in [3.63, 3.8) is 0 Å². The second kappa shape index (κ2) is 14.9. The van der Waals surface area contributed by atoms with Crippen molar-refractivity contribution >= 4 is 67.9 Å². The molecular weight excluding hydrogens is 767 g/mol. The molecule has 2 heterocycles. The van der Waals surface area contributed by atoms with Gasteiger partial charge in [-0.15, -0.1) is 6.42 Å². The number of halogens is 2. The van der Waals surface area contributed by atoms with E-state index < -0.39 is 18.0 Å². The third-order valence-electron chi connectivity index (χ3n) is 6.30. The number of ether oxygens (including phenoxy) is 5. The number of thiazole rings is 1. The fraction of sp³-hybridized carbons (Fsp3) is 0.290. The number of carbonyl (C=O) groups is 2. The van der Waals surface area contributed by atoms with E-state index in [4.69, 9.17) is 25.4 Å². The van der Waals surface area contributed by atoms with E-state index in [0.29, 0.717) is 50.0 Å². The minimum atomic E-state index is -0.888. The van der Waals surface area contributed by atoms with Crippen LogP contribution in [-0.2, 0) is 19.1 Å². The van der Waals surface area contributed by atoms with E-state index >= 15 is 0 Å². The van der Waals surface area contributed by atoms with Gasteiger partial charge >= 0.3 is 11.9 Å². The molecule has 4 rings (SSSR count). The highest BCUT2D eigenvalue weighted by molar-refractivity contribution is 14.1. The zero-order chi connectivity index (χ0) is 32.0. The van der Waals surface area contributed by atoms with Crippen LogP contribution in [0.25, 0.3) is 6.08 Å². The summed E-state index contributed by atoms with van der Waals surface area (Å²) in [5.74, 6) is 2.49. The smallest absolute Gasteiger partial charge is 0.343 e. The number of fused-ring (bicyclic) bond motifs is 1. The van der Waals surface area contributed by atoms with Gasteiger partial charge in [0, 0.05) is 10.0 Å². The average Bonchev–Trinajstić information content (AvgIpc) is 3.29. The standard InChI is InChI=1S/C31H28BrIN2O8S/c1-6-11-42-28-19(12-20(32)15-21(28)33)14-24-29(37)35-27(26(30(38)41-8-3)17(4)34-31(35)44-24)18-9-10-22(23(13-18)40-7-2)43-16-25(36)39-5/h1,9-10,12-15,27H,7-8,11,16H2,2-5H3/b24-14+/t27-/m0/s1. The van der Waals surface area contributed by atoms with E-state index in [1.165, 1.54) is 23.0 Å². The molecule has 1 aliphatic heterocycles. The molecule has 0 bridgehead atoms. The molecule has 0 spiro atoms. The van der Waals surface area contributed by atoms with Gasteiger partial charge in [-0.1, -0.05) is 39.3 Å². The number of aromatic nitrogens is 1. The fourth-order valence-electron chi connectivity index (χ4n) is 4.48. The fourth-order valence-corrected chi connectivity index (χ4v) is 7.22. The Balaban J connectivity index is 1.93. The summed E-state index contributed by atoms with van der Waals surface area (Å²) >= 11 is 6.84. The molecule has 0 fully saturated rings. The summed E-state index contributed by atoms with van der Waals surface area (Å²) in [5.41, 5.74) is 1.47. The van der Waals surface area contributed by atoms with Crippen molar-refractivity contribution in [2.75, 3.05) is 33.5 Å². The summed E-state index contributed by atoms with van der Waals surface area (Å²) in [6.07, 6.45) is 7.15. The largest absolute Gasteiger partial charge is 0.490 e. The summed E-state index contributed by atoms with van der Waals surface area (Å²) in [6, 6.07) is 7.84. The van der Waals surface area contributed by atoms with Crippen LogP contribution in [-0.4, -0.2) is 50.0 Å². The van der Waals surface area contributed by atoms with Crippen LogP contribution in [0.15, 0.2) is 55.9 Å². The molecule has 10 nitrogen and oxygen atoms in total. The first-order valence-corrected chi connectivity index (χ1v) is 16.0. The third kappa shape index (κ3) is 7.19. The summed E-state index contributed by atoms with van der Waals surface area (Å²) in [4.78, 5) is 44.2. The van der Waals surface area contributed by atoms with E-state index in [2.05, 4.69) is 54.2 Å². The summed E-state index contributed by atoms with van der Waals surface area (Å²) < 4.78 is 30.8. The Morgan fingerprint density at radius 3 is 2.61 bits per heavy atom. The average molecular weight is 795 g/mol. The van der Waals surface area contributed by atoms with Crippen molar-refractivity contribution in [2.24, 2.45) is 4.99 Å². The van der Waals surface area contributed by atoms with E-state index in [9.17, 15) is 14.4 Å². The Kier molecular flexibility index (Phi) is 11.3. The molecule has 3 aromatic rings. The molecular formula is C31H28BrIN2O8S. The normalized spacial score (nSPS) is 14.3. The van der Waals surface area contributed by atoms with Crippen molar-refractivity contribution in [2.45, 2.75) is 26.8 Å². The Labute approximate surface area is 279 Å². The van der Waals surface area contributed by atoms with Crippen molar-refractivity contribution in [1.29, 1.82) is 0 Å². The minimum Gasteiger partial charge on any atom is -0.490 e. The first kappa shape index (κ1) is 33.3. The number of esters is 2. The lowest BCUT2D eigenvalue weighted by atomic mass is 9.95. The first-order valence-electron chi connectivity index (χ1n) is 13.3. The lowest BCUT2D eigenvalue weighted by molar-refractivity contribution is -0.143. The van der Waals surface area contributed by atoms with Crippen LogP contribution in [0.1, 0.15) is 37.9 Å². The van der Waals surface area contributed by atoms with E-state index in [1.807, 2.05) is 12.1 Å². The minimum absolute atomic E-state index is 0.0589. The maximum atomic E-state index is 14.1. The van der Waals surface area contributed by atoms with Crippen molar-refractivity contribution in [3.05, 3.63) is 80.5 Å². The van der Waals surface area contributed by atoms with Crippen LogP contribution in [0, 0.1) is 15.9 Å². The van der Waals surface area contributed by atoms with Crippen LogP contribution in [0.2, 0.25) is 0 Å². The highest BCUT2D eigenvalue weighted by Crippen LogP contribution is 2.36. The van der Waals surface area contributed by atoms with Gasteiger partial charge in [0.1, 0.15) is 12.4 Å². The Hall–Kier alpha value is -3.61. The van der Waals surface area contributed by atoms with Gasteiger partial charge in [0.15, 0.2) is 22.9 Å². The molecule has 0 saturated carbocycles. The molecule has 0 amide bonds. The molecule has 13 heteroatoms. The Morgan fingerprint density at radius 2 is 1.93 bits per heavy atom. The van der Waals surface area contributed by atoms with Crippen LogP contribution in [0.4, 0.5) is 0 Å². The van der Waals surface area contributed by atoms with Crippen molar-refractivity contribution in [3.8, 4) is 29.6 Å². The van der Waals surface area contributed by atoms with E-state index in [1.54, 1.807) is 45.0 Å². The number of nitrogens with zero attached hydrogens (tertiary/aromatic N) is 2. The molecule has 1 atom stereocenters. The number of methoxy groups -OCH3 is 1. The lowest BCUT2D eigenvalue weighted by Gasteiger charge is -2.25. The number of terminal acetylenes is 1. The van der Waals surface area contributed by atoms with Crippen LogP contribution in [0.5, 0.6) is 17.2 Å². The van der Waals surface area contributed by atoms with Gasteiger partial charge in [-0.3, -0.25) is 9.36 Å². The van der Waals surface area contributed by atoms with E-state index in [0.717, 1.165) is 8.04 Å². The number of carbonyl (C=O) groups excluding carboxylic acids is 2. The zero-order valence-corrected chi connectivity index (χ0v) is 28.8. The van der Waals surface area contributed by atoms with Crippen LogP contribution < -0.4 is 29.1 Å². The molecule has 0 saturated heterocycles. The molecule has 1 aromatic heterocycles. The topological polar surface area (TPSA) is 115 Å². The van der Waals surface area contributed by atoms with Gasteiger partial charge in [-0.05, 0) is 79.3 Å². The summed E-state index contributed by atoms with van der Waals surface area (Å²) in [6.45, 7) is 5.39. The van der Waals surface area contributed by atoms with E-state index in [-0.39, 0.29) is 31.0 Å². The number of allylic oxidation sites excluding steroid dienone is 1. The van der Waals surface area contributed by atoms with Gasteiger partial charge in [-0.2, -0.15) is 0 Å². The monoisotopic (exact) mass is 794 g/mol. The third-order valence-corrected chi connectivity index (χ3v) is 8.54. The summed E-state index contributed by atoms with van der Waals surface area (Å²) in [5, 5.41) is 0. The molecule has 1 aliphatic rings. The number of hydrogen-bond donors (Lipinski definition) is 0. The molecule has 2 aromatic carbocycles. The molecule has 0 unspecified atom stereocenters. The zero-order valence-electron chi connectivity index (χ0n) is 24.3. The van der Waals surface area contributed by atoms with Gasteiger partial charge in [0.05, 0.1) is 45.7 Å². The molecule has 0 radical (unpaired) electrons. The van der Waals surface area contributed by atoms with Gasteiger partial charge < -0.3 is 23.7 Å². The quantitative estimate of drug-likeness (QED) is 0.162. The second-order valence-electron chi connectivity index (χ2n) is 9.11. The number of hydrogen-bond acceptors (Lipinski definition) is 10. The van der Waals surface area contributed by atoms with Crippen LogP contribution in [0.3, 0.4) is 0 Å². The molecule has 44 heavy (non-hydrogen) atoms. The first-order chi connectivity index (χ1) is 21.1. The summed E-state index contributed by atoms with van der Waals surface area (Å²) in [7, 11) is 1.27. The SMILES string of the molecule is C#CCOc1c(I)cc(Br)cc1/C=c1/sc2n(c1=O)[C@@H](c1ccc(OCC(=O)OC)c(OCC)c1)C(C(=O)OCC)=C(C)N=2. The lowest BCUT2D eigenvalue weighted by Crippen LogP contribution is -2.40.